The molecule has 13 heteroatoms. The second kappa shape index (κ2) is 15.4. The monoisotopic (exact) mass is 640 g/mol. The Labute approximate surface area is 263 Å². The van der Waals surface area contributed by atoms with Crippen LogP contribution in [0, 0.1) is 17.8 Å². The van der Waals surface area contributed by atoms with Gasteiger partial charge in [-0.25, -0.2) is 18.7 Å². The topological polar surface area (TPSA) is 151 Å². The average molecular weight is 641 g/mol. The van der Waals surface area contributed by atoms with E-state index in [0.29, 0.717) is 17.4 Å². The molecule has 3 atom stereocenters. The summed E-state index contributed by atoms with van der Waals surface area (Å²) in [7, 11) is -4.17. The van der Waals surface area contributed by atoms with E-state index < -0.39 is 58.4 Å². The summed E-state index contributed by atoms with van der Waals surface area (Å²) in [5.74, 6) is -4.70. The first-order valence-electron chi connectivity index (χ1n) is 15.0. The molecule has 0 radical (unpaired) electrons. The molecule has 0 aliphatic carbocycles. The summed E-state index contributed by atoms with van der Waals surface area (Å²) in [5, 5.41) is 0. The van der Waals surface area contributed by atoms with Gasteiger partial charge in [0.1, 0.15) is 6.67 Å². The van der Waals surface area contributed by atoms with Crippen molar-refractivity contribution in [3.05, 3.63) is 77.4 Å². The van der Waals surface area contributed by atoms with Crippen molar-refractivity contribution in [2.24, 2.45) is 17.8 Å². The number of hydrogen-bond donors (Lipinski definition) is 2. The van der Waals surface area contributed by atoms with Gasteiger partial charge in [-0.3, -0.25) is 29.5 Å². The average Bonchev–Trinajstić information content (AvgIpc) is 3.26. The number of imide groups is 1. The van der Waals surface area contributed by atoms with E-state index in [9.17, 15) is 27.6 Å². The SMILES string of the molecule is CC(C)C[C@@H](C(=O)NN(CN1C(=O)c2ccccc2C1=O)S(C)(=O)=O)[C@H](C/C=C/c1ccccc1)C(=O)NOC1CCCCO1. The zero-order valence-corrected chi connectivity index (χ0v) is 26.5. The van der Waals surface area contributed by atoms with Crippen LogP contribution in [0.3, 0.4) is 0 Å². The van der Waals surface area contributed by atoms with Gasteiger partial charge in [-0.05, 0) is 49.3 Å². The minimum Gasteiger partial charge on any atom is -0.350 e. The highest BCUT2D eigenvalue weighted by Gasteiger charge is 2.40. The number of carbonyl (C=O) groups is 4. The van der Waals surface area contributed by atoms with Gasteiger partial charge >= 0.3 is 0 Å². The fourth-order valence-corrected chi connectivity index (χ4v) is 5.84. The molecule has 2 aromatic rings. The quantitative estimate of drug-likeness (QED) is 0.235. The second-order valence-electron chi connectivity index (χ2n) is 11.6. The molecule has 45 heavy (non-hydrogen) atoms. The maximum atomic E-state index is 13.9. The van der Waals surface area contributed by atoms with Crippen LogP contribution in [0.5, 0.6) is 0 Å². The van der Waals surface area contributed by atoms with Crippen molar-refractivity contribution in [2.75, 3.05) is 19.5 Å². The van der Waals surface area contributed by atoms with Crippen LogP contribution in [0.15, 0.2) is 60.7 Å². The highest BCUT2D eigenvalue weighted by atomic mass is 32.2. The van der Waals surface area contributed by atoms with E-state index in [-0.39, 0.29) is 29.9 Å². The smallest absolute Gasteiger partial charge is 0.262 e. The van der Waals surface area contributed by atoms with Crippen molar-refractivity contribution < 1.29 is 37.2 Å². The van der Waals surface area contributed by atoms with Gasteiger partial charge < -0.3 is 4.74 Å². The number of carbonyl (C=O) groups excluding carboxylic acids is 4. The molecule has 1 fully saturated rings. The number of fused-ring (bicyclic) bond motifs is 1. The molecule has 2 heterocycles. The minimum absolute atomic E-state index is 0.0559. The molecule has 242 valence electrons. The van der Waals surface area contributed by atoms with Crippen LogP contribution in [0.4, 0.5) is 0 Å². The third-order valence-electron chi connectivity index (χ3n) is 7.60. The van der Waals surface area contributed by atoms with Crippen LogP contribution >= 0.6 is 0 Å². The van der Waals surface area contributed by atoms with E-state index in [0.717, 1.165) is 29.6 Å². The predicted molar refractivity (Wildman–Crippen MR) is 166 cm³/mol. The molecular weight excluding hydrogens is 600 g/mol. The largest absolute Gasteiger partial charge is 0.350 e. The number of ether oxygens (including phenoxy) is 1. The number of nitrogens with zero attached hydrogens (tertiary/aromatic N) is 2. The predicted octanol–water partition coefficient (Wildman–Crippen LogP) is 3.49. The lowest BCUT2D eigenvalue weighted by Crippen LogP contribution is -2.55. The number of nitrogens with one attached hydrogen (secondary N) is 2. The summed E-state index contributed by atoms with van der Waals surface area (Å²) in [4.78, 5) is 59.7. The van der Waals surface area contributed by atoms with Gasteiger partial charge in [0.05, 0.1) is 29.2 Å². The fraction of sp³-hybridized carbons (Fsp3) is 0.438. The Morgan fingerprint density at radius 3 is 2.22 bits per heavy atom. The van der Waals surface area contributed by atoms with Crippen molar-refractivity contribution in [1.82, 2.24) is 20.2 Å². The van der Waals surface area contributed by atoms with Crippen LogP contribution in [0.2, 0.25) is 0 Å². The van der Waals surface area contributed by atoms with E-state index in [4.69, 9.17) is 9.57 Å². The van der Waals surface area contributed by atoms with Gasteiger partial charge in [0.25, 0.3) is 11.8 Å². The molecule has 1 unspecified atom stereocenters. The Bertz CT molecular complexity index is 1470. The molecule has 12 nitrogen and oxygen atoms in total. The normalized spacial score (nSPS) is 18.3. The molecule has 0 saturated carbocycles. The van der Waals surface area contributed by atoms with E-state index in [1.165, 1.54) is 12.1 Å². The lowest BCUT2D eigenvalue weighted by Gasteiger charge is -2.31. The number of hydrogen-bond acceptors (Lipinski definition) is 8. The van der Waals surface area contributed by atoms with Crippen LogP contribution < -0.4 is 10.9 Å². The lowest BCUT2D eigenvalue weighted by molar-refractivity contribution is -0.203. The highest BCUT2D eigenvalue weighted by Crippen LogP contribution is 2.27. The Hall–Kier alpha value is -3.91. The standard InChI is InChI=1S/C32H40N4O8S/c1-22(2)20-27(24(17-11-14-23-12-5-4-6-13-23)30(38)34-44-28-18-9-10-19-43-28)29(37)33-36(45(3,41)42)21-35-31(39)25-15-7-8-16-26(25)32(35)40/h4-8,11-16,22,24,27-28H,9-10,17-21H2,1-3H3,(H,33,37)(H,34,38)/b14-11+/t24-,27+,28?/m0/s1. The van der Waals surface area contributed by atoms with E-state index in [1.807, 2.05) is 50.3 Å². The number of sulfonamides is 1. The van der Waals surface area contributed by atoms with Crippen molar-refractivity contribution in [2.45, 2.75) is 52.2 Å². The van der Waals surface area contributed by atoms with Gasteiger partial charge in [-0.15, -0.1) is 0 Å². The maximum absolute atomic E-state index is 13.9. The summed E-state index contributed by atoms with van der Waals surface area (Å²) in [5.41, 5.74) is 6.05. The van der Waals surface area contributed by atoms with Crippen LogP contribution in [0.25, 0.3) is 6.08 Å². The fourth-order valence-electron chi connectivity index (χ4n) is 5.26. The van der Waals surface area contributed by atoms with Crippen LogP contribution in [0.1, 0.15) is 72.2 Å². The summed E-state index contributed by atoms with van der Waals surface area (Å²) in [6.07, 6.45) is 6.62. The van der Waals surface area contributed by atoms with E-state index >= 15 is 0 Å². The molecule has 0 aromatic heterocycles. The molecule has 0 spiro atoms. The second-order valence-corrected chi connectivity index (χ2v) is 13.5. The Morgan fingerprint density at radius 2 is 1.64 bits per heavy atom. The number of allylic oxidation sites excluding steroid dienone is 1. The summed E-state index contributed by atoms with van der Waals surface area (Å²) in [6.45, 7) is 3.54. The minimum atomic E-state index is -4.17. The van der Waals surface area contributed by atoms with E-state index in [1.54, 1.807) is 18.2 Å². The summed E-state index contributed by atoms with van der Waals surface area (Å²) in [6, 6.07) is 15.6. The van der Waals surface area contributed by atoms with E-state index in [2.05, 4.69) is 10.9 Å². The Kier molecular flexibility index (Phi) is 11.6. The molecule has 0 bridgehead atoms. The molecule has 2 aromatic carbocycles. The summed E-state index contributed by atoms with van der Waals surface area (Å²) >= 11 is 0. The number of benzene rings is 2. The number of hydrazine groups is 1. The number of amides is 4. The first kappa shape index (κ1) is 34.0. The van der Waals surface area contributed by atoms with Crippen molar-refractivity contribution in [3.8, 4) is 0 Å². The first-order chi connectivity index (χ1) is 21.5. The van der Waals surface area contributed by atoms with Crippen LogP contribution in [-0.4, -0.2) is 67.2 Å². The lowest BCUT2D eigenvalue weighted by atomic mass is 9.82. The number of hydroxylamine groups is 1. The molecular formula is C32H40N4O8S. The van der Waals surface area contributed by atoms with Gasteiger partial charge in [0.15, 0.2) is 6.29 Å². The highest BCUT2D eigenvalue weighted by molar-refractivity contribution is 7.88. The molecule has 2 aliphatic rings. The zero-order chi connectivity index (χ0) is 32.6. The molecule has 4 rings (SSSR count). The molecule has 2 aliphatic heterocycles. The molecule has 4 amide bonds. The Morgan fingerprint density at radius 1 is 1.00 bits per heavy atom. The van der Waals surface area contributed by atoms with Crippen LogP contribution in [-0.2, 0) is 29.2 Å². The van der Waals surface area contributed by atoms with Gasteiger partial charge in [0.2, 0.25) is 21.8 Å². The first-order valence-corrected chi connectivity index (χ1v) is 16.8. The molecule has 1 saturated heterocycles. The number of rotatable bonds is 14. The third kappa shape index (κ3) is 9.07. The van der Waals surface area contributed by atoms with Crippen molar-refractivity contribution >= 4 is 39.7 Å². The Balaban J connectivity index is 1.57. The summed E-state index contributed by atoms with van der Waals surface area (Å²) < 4.78 is 31.8. The van der Waals surface area contributed by atoms with Gasteiger partial charge in [-0.1, -0.05) is 72.9 Å². The van der Waals surface area contributed by atoms with Gasteiger partial charge in [0, 0.05) is 13.0 Å². The van der Waals surface area contributed by atoms with Crippen molar-refractivity contribution in [3.63, 3.8) is 0 Å². The third-order valence-corrected chi connectivity index (χ3v) is 8.60. The molecule has 2 N–H and O–H groups in total. The van der Waals surface area contributed by atoms with Gasteiger partial charge in [-0.2, -0.15) is 0 Å². The zero-order valence-electron chi connectivity index (χ0n) is 25.7. The maximum Gasteiger partial charge on any atom is 0.262 e. The van der Waals surface area contributed by atoms with Crippen molar-refractivity contribution in [1.29, 1.82) is 0 Å².